The Hall–Kier alpha value is -1.25. The van der Waals surface area contributed by atoms with Crippen LogP contribution in [0.2, 0.25) is 0 Å². The molecule has 0 N–H and O–H groups in total. The Morgan fingerprint density at radius 3 is 2.44 bits per heavy atom. The molecule has 1 rings (SSSR count). The van der Waals surface area contributed by atoms with Gasteiger partial charge in [0, 0.05) is 12.7 Å². The van der Waals surface area contributed by atoms with E-state index < -0.39 is 0 Å². The molecule has 0 radical (unpaired) electrons. The molecular formula is C15H25NO2. The van der Waals surface area contributed by atoms with Gasteiger partial charge in [-0.2, -0.15) is 0 Å². The number of aromatic nitrogens is 1. The Bertz CT molecular complexity index is 384. The zero-order chi connectivity index (χ0) is 13.2. The van der Waals surface area contributed by atoms with Gasteiger partial charge in [0.15, 0.2) is 5.75 Å². The van der Waals surface area contributed by atoms with E-state index in [2.05, 4.69) is 6.92 Å². The van der Waals surface area contributed by atoms with Crippen molar-refractivity contribution in [2.45, 2.75) is 58.4 Å². The van der Waals surface area contributed by atoms with Crippen molar-refractivity contribution in [3.8, 4) is 5.75 Å². The SMILES string of the molecule is CCCCCCCCCn1cccc(OC)c1=O. The van der Waals surface area contributed by atoms with Gasteiger partial charge in [-0.3, -0.25) is 4.79 Å². The fourth-order valence-electron chi connectivity index (χ4n) is 2.09. The normalized spacial score (nSPS) is 10.6. The highest BCUT2D eigenvalue weighted by Crippen LogP contribution is 2.08. The van der Waals surface area contributed by atoms with E-state index in [4.69, 9.17) is 4.74 Å². The van der Waals surface area contributed by atoms with Crippen molar-refractivity contribution in [1.29, 1.82) is 0 Å². The molecule has 0 saturated carbocycles. The van der Waals surface area contributed by atoms with Crippen LogP contribution in [0.3, 0.4) is 0 Å². The Labute approximate surface area is 110 Å². The number of rotatable bonds is 9. The summed E-state index contributed by atoms with van der Waals surface area (Å²) < 4.78 is 6.77. The smallest absolute Gasteiger partial charge is 0.292 e. The van der Waals surface area contributed by atoms with Gasteiger partial charge in [-0.25, -0.2) is 0 Å². The third-order valence-corrected chi connectivity index (χ3v) is 3.21. The lowest BCUT2D eigenvalue weighted by Crippen LogP contribution is -2.20. The standard InChI is InChI=1S/C15H25NO2/c1-3-4-5-6-7-8-9-12-16-13-10-11-14(18-2)15(16)17/h10-11,13H,3-9,12H2,1-2H3. The van der Waals surface area contributed by atoms with Crippen LogP contribution >= 0.6 is 0 Å². The van der Waals surface area contributed by atoms with Crippen LogP contribution in [-0.2, 0) is 6.54 Å². The summed E-state index contributed by atoms with van der Waals surface area (Å²) in [6.07, 6.45) is 10.7. The fourth-order valence-corrected chi connectivity index (χ4v) is 2.09. The van der Waals surface area contributed by atoms with Crippen LogP contribution in [0.5, 0.6) is 5.75 Å². The number of pyridine rings is 1. The summed E-state index contributed by atoms with van der Waals surface area (Å²) in [6, 6.07) is 3.57. The zero-order valence-corrected chi connectivity index (χ0v) is 11.7. The fraction of sp³-hybridized carbons (Fsp3) is 0.667. The summed E-state index contributed by atoms with van der Waals surface area (Å²) in [7, 11) is 1.54. The largest absolute Gasteiger partial charge is 0.491 e. The Morgan fingerprint density at radius 2 is 1.78 bits per heavy atom. The van der Waals surface area contributed by atoms with Crippen LogP contribution in [0.25, 0.3) is 0 Å². The monoisotopic (exact) mass is 251 g/mol. The second-order valence-corrected chi connectivity index (χ2v) is 4.70. The summed E-state index contributed by atoms with van der Waals surface area (Å²) in [4.78, 5) is 11.8. The first kappa shape index (κ1) is 14.8. The van der Waals surface area contributed by atoms with Crippen molar-refractivity contribution in [2.75, 3.05) is 7.11 Å². The molecular weight excluding hydrogens is 226 g/mol. The molecule has 0 unspecified atom stereocenters. The van der Waals surface area contributed by atoms with Crippen LogP contribution < -0.4 is 10.3 Å². The first-order chi connectivity index (χ1) is 8.79. The molecule has 0 aliphatic heterocycles. The van der Waals surface area contributed by atoms with Crippen molar-refractivity contribution in [3.05, 3.63) is 28.7 Å². The van der Waals surface area contributed by atoms with Gasteiger partial charge in [-0.15, -0.1) is 0 Å². The van der Waals surface area contributed by atoms with Gasteiger partial charge >= 0.3 is 0 Å². The van der Waals surface area contributed by atoms with Gasteiger partial charge in [0.25, 0.3) is 5.56 Å². The molecule has 1 aromatic rings. The van der Waals surface area contributed by atoms with Gasteiger partial charge in [0.05, 0.1) is 7.11 Å². The highest BCUT2D eigenvalue weighted by atomic mass is 16.5. The Morgan fingerprint density at radius 1 is 1.11 bits per heavy atom. The van der Waals surface area contributed by atoms with E-state index in [0.717, 1.165) is 13.0 Å². The molecule has 0 atom stereocenters. The highest BCUT2D eigenvalue weighted by molar-refractivity contribution is 5.16. The number of unbranched alkanes of at least 4 members (excludes halogenated alkanes) is 6. The molecule has 0 saturated heterocycles. The van der Waals surface area contributed by atoms with E-state index in [0.29, 0.717) is 5.75 Å². The van der Waals surface area contributed by atoms with Gasteiger partial charge in [-0.1, -0.05) is 45.4 Å². The van der Waals surface area contributed by atoms with Crippen molar-refractivity contribution < 1.29 is 4.74 Å². The van der Waals surface area contributed by atoms with E-state index in [9.17, 15) is 4.79 Å². The maximum Gasteiger partial charge on any atom is 0.292 e. The third-order valence-electron chi connectivity index (χ3n) is 3.21. The maximum absolute atomic E-state index is 11.8. The average Bonchev–Trinajstić information content (AvgIpc) is 2.39. The lowest BCUT2D eigenvalue weighted by atomic mass is 10.1. The molecule has 18 heavy (non-hydrogen) atoms. The summed E-state index contributed by atoms with van der Waals surface area (Å²) in [5, 5.41) is 0. The molecule has 0 aromatic carbocycles. The number of methoxy groups -OCH3 is 1. The lowest BCUT2D eigenvalue weighted by molar-refractivity contribution is 0.401. The van der Waals surface area contributed by atoms with E-state index >= 15 is 0 Å². The molecule has 0 fully saturated rings. The number of nitrogens with zero attached hydrogens (tertiary/aromatic N) is 1. The molecule has 0 aliphatic rings. The third kappa shape index (κ3) is 4.94. The van der Waals surface area contributed by atoms with Gasteiger partial charge in [0.1, 0.15) is 0 Å². The van der Waals surface area contributed by atoms with E-state index in [-0.39, 0.29) is 5.56 Å². The second kappa shape index (κ2) is 8.78. The van der Waals surface area contributed by atoms with E-state index in [1.807, 2.05) is 12.3 Å². The molecule has 3 heteroatoms. The number of hydrogen-bond donors (Lipinski definition) is 0. The highest BCUT2D eigenvalue weighted by Gasteiger charge is 2.01. The molecule has 0 spiro atoms. The average molecular weight is 251 g/mol. The van der Waals surface area contributed by atoms with Crippen LogP contribution in [-0.4, -0.2) is 11.7 Å². The first-order valence-electron chi connectivity index (χ1n) is 7.03. The minimum atomic E-state index is -0.0222. The van der Waals surface area contributed by atoms with Gasteiger partial charge < -0.3 is 9.30 Å². The summed E-state index contributed by atoms with van der Waals surface area (Å²) in [5.74, 6) is 0.431. The lowest BCUT2D eigenvalue weighted by Gasteiger charge is -2.07. The minimum absolute atomic E-state index is 0.0222. The summed E-state index contributed by atoms with van der Waals surface area (Å²) >= 11 is 0. The first-order valence-corrected chi connectivity index (χ1v) is 7.03. The van der Waals surface area contributed by atoms with Crippen LogP contribution in [0.15, 0.2) is 23.1 Å². The van der Waals surface area contributed by atoms with Gasteiger partial charge in [0.2, 0.25) is 0 Å². The minimum Gasteiger partial charge on any atom is -0.491 e. The molecule has 0 aliphatic carbocycles. The molecule has 3 nitrogen and oxygen atoms in total. The van der Waals surface area contributed by atoms with Crippen molar-refractivity contribution in [1.82, 2.24) is 4.57 Å². The quantitative estimate of drug-likeness (QED) is 0.628. The van der Waals surface area contributed by atoms with Crippen LogP contribution in [0, 0.1) is 0 Å². The molecule has 0 amide bonds. The Balaban J connectivity index is 2.25. The van der Waals surface area contributed by atoms with Crippen molar-refractivity contribution in [2.24, 2.45) is 0 Å². The van der Waals surface area contributed by atoms with E-state index in [1.54, 1.807) is 10.6 Å². The predicted octanol–water partition coefficient (Wildman–Crippen LogP) is 3.61. The second-order valence-electron chi connectivity index (χ2n) is 4.70. The molecule has 1 heterocycles. The van der Waals surface area contributed by atoms with Crippen LogP contribution in [0.1, 0.15) is 51.9 Å². The zero-order valence-electron chi connectivity index (χ0n) is 11.7. The predicted molar refractivity (Wildman–Crippen MR) is 75.2 cm³/mol. The molecule has 102 valence electrons. The van der Waals surface area contributed by atoms with Gasteiger partial charge in [-0.05, 0) is 18.6 Å². The van der Waals surface area contributed by atoms with Crippen LogP contribution in [0.4, 0.5) is 0 Å². The summed E-state index contributed by atoms with van der Waals surface area (Å²) in [6.45, 7) is 3.03. The van der Waals surface area contributed by atoms with Crippen molar-refractivity contribution in [3.63, 3.8) is 0 Å². The maximum atomic E-state index is 11.8. The Kier molecular flexibility index (Phi) is 7.23. The van der Waals surface area contributed by atoms with E-state index in [1.165, 1.54) is 45.6 Å². The molecule has 1 aromatic heterocycles. The van der Waals surface area contributed by atoms with Crippen molar-refractivity contribution >= 4 is 0 Å². The molecule has 0 bridgehead atoms. The number of ether oxygens (including phenoxy) is 1. The summed E-state index contributed by atoms with van der Waals surface area (Å²) in [5.41, 5.74) is -0.0222. The number of hydrogen-bond acceptors (Lipinski definition) is 2. The topological polar surface area (TPSA) is 31.2 Å². The number of aryl methyl sites for hydroxylation is 1.